The Kier molecular flexibility index (Phi) is 3.61. The molecule has 0 saturated heterocycles. The second kappa shape index (κ2) is 5.92. The summed E-state index contributed by atoms with van der Waals surface area (Å²) < 4.78 is 2.10. The molecule has 0 spiro atoms. The molecule has 5 nitrogen and oxygen atoms in total. The Hall–Kier alpha value is -2.95. The fourth-order valence-corrected chi connectivity index (χ4v) is 3.25. The number of nitrogens with one attached hydrogen (secondary N) is 1. The quantitative estimate of drug-likeness (QED) is 0.627. The Morgan fingerprint density at radius 3 is 2.88 bits per heavy atom. The number of hydrogen-bond acceptors (Lipinski definition) is 3. The number of hydrogen-bond donors (Lipinski definition) is 1. The van der Waals surface area contributed by atoms with Crippen LogP contribution >= 0.6 is 0 Å². The maximum Gasteiger partial charge on any atom is 0.155 e. The summed E-state index contributed by atoms with van der Waals surface area (Å²) in [4.78, 5) is 16.1. The monoisotopic (exact) mass is 317 g/mol. The van der Waals surface area contributed by atoms with Gasteiger partial charge in [-0.3, -0.25) is 4.98 Å². The molecule has 0 bridgehead atoms. The van der Waals surface area contributed by atoms with E-state index < -0.39 is 0 Å². The molecule has 3 heterocycles. The van der Waals surface area contributed by atoms with Crippen LogP contribution in [0.4, 0.5) is 0 Å². The standard InChI is InChI=1S/C19H19N5/c1-13-4-3-5-16(14(13)2)17(18-10-21-12-23-18)8-15-9-22-19-11-20-6-7-24(15)19/h3-7,9-12,17H,8H2,1-2H3,(H,21,23). The van der Waals surface area contributed by atoms with E-state index >= 15 is 0 Å². The molecule has 0 aliphatic carbocycles. The minimum atomic E-state index is 0.209. The normalized spacial score (nSPS) is 12.6. The first kappa shape index (κ1) is 14.6. The number of aromatic nitrogens is 5. The molecule has 120 valence electrons. The zero-order valence-electron chi connectivity index (χ0n) is 13.8. The van der Waals surface area contributed by atoms with E-state index in [1.807, 2.05) is 18.6 Å². The molecule has 0 amide bonds. The first-order valence-corrected chi connectivity index (χ1v) is 8.04. The first-order chi connectivity index (χ1) is 11.7. The molecule has 1 N–H and O–H groups in total. The van der Waals surface area contributed by atoms with Gasteiger partial charge >= 0.3 is 0 Å². The molecule has 5 heteroatoms. The largest absolute Gasteiger partial charge is 0.348 e. The Bertz CT molecular complexity index is 969. The SMILES string of the molecule is Cc1cccc(C(Cc2cnc3cnccn23)c2cnc[nH]2)c1C. The number of nitrogens with zero attached hydrogens (tertiary/aromatic N) is 4. The van der Waals surface area contributed by atoms with E-state index in [1.165, 1.54) is 16.7 Å². The number of aryl methyl sites for hydroxylation is 1. The second-order valence-corrected chi connectivity index (χ2v) is 6.11. The molecule has 4 aromatic rings. The topological polar surface area (TPSA) is 58.9 Å². The van der Waals surface area contributed by atoms with Crippen molar-refractivity contribution in [3.63, 3.8) is 0 Å². The van der Waals surface area contributed by atoms with Gasteiger partial charge in [-0.05, 0) is 30.5 Å². The molecule has 4 rings (SSSR count). The van der Waals surface area contributed by atoms with E-state index in [0.29, 0.717) is 0 Å². The fourth-order valence-electron chi connectivity index (χ4n) is 3.25. The van der Waals surface area contributed by atoms with E-state index in [2.05, 4.69) is 56.4 Å². The maximum absolute atomic E-state index is 4.46. The van der Waals surface area contributed by atoms with E-state index in [4.69, 9.17) is 0 Å². The van der Waals surface area contributed by atoms with Gasteiger partial charge in [0.05, 0.1) is 12.5 Å². The lowest BCUT2D eigenvalue weighted by atomic mass is 9.87. The first-order valence-electron chi connectivity index (χ1n) is 8.04. The molecule has 0 saturated carbocycles. The highest BCUT2D eigenvalue weighted by molar-refractivity contribution is 5.42. The summed E-state index contributed by atoms with van der Waals surface area (Å²) in [7, 11) is 0. The van der Waals surface area contributed by atoms with Gasteiger partial charge in [-0.2, -0.15) is 0 Å². The van der Waals surface area contributed by atoms with Crippen molar-refractivity contribution >= 4 is 5.65 Å². The third-order valence-electron chi connectivity index (χ3n) is 4.72. The van der Waals surface area contributed by atoms with Crippen molar-refractivity contribution in [3.8, 4) is 0 Å². The van der Waals surface area contributed by atoms with Crippen LogP contribution in [0.25, 0.3) is 5.65 Å². The third kappa shape index (κ3) is 2.48. The predicted molar refractivity (Wildman–Crippen MR) is 93.0 cm³/mol. The Morgan fingerprint density at radius 1 is 1.12 bits per heavy atom. The average Bonchev–Trinajstić information content (AvgIpc) is 3.25. The highest BCUT2D eigenvalue weighted by Gasteiger charge is 2.20. The lowest BCUT2D eigenvalue weighted by Crippen LogP contribution is -2.09. The molecule has 3 aromatic heterocycles. The molecular formula is C19H19N5. The fraction of sp³-hybridized carbons (Fsp3) is 0.211. The Balaban J connectivity index is 1.81. The van der Waals surface area contributed by atoms with Crippen LogP contribution in [0.5, 0.6) is 0 Å². The third-order valence-corrected chi connectivity index (χ3v) is 4.72. The number of aromatic amines is 1. The molecule has 0 radical (unpaired) electrons. The van der Waals surface area contributed by atoms with Crippen LogP contribution in [0.1, 0.15) is 34.0 Å². The van der Waals surface area contributed by atoms with Crippen LogP contribution in [-0.2, 0) is 6.42 Å². The van der Waals surface area contributed by atoms with Crippen LogP contribution in [0.2, 0.25) is 0 Å². The van der Waals surface area contributed by atoms with Crippen molar-refractivity contribution in [2.45, 2.75) is 26.2 Å². The summed E-state index contributed by atoms with van der Waals surface area (Å²) in [5.41, 5.74) is 7.10. The second-order valence-electron chi connectivity index (χ2n) is 6.11. The predicted octanol–water partition coefficient (Wildman–Crippen LogP) is 3.44. The summed E-state index contributed by atoms with van der Waals surface area (Å²) >= 11 is 0. The molecular weight excluding hydrogens is 298 g/mol. The summed E-state index contributed by atoms with van der Waals surface area (Å²) in [6.45, 7) is 4.34. The van der Waals surface area contributed by atoms with E-state index in [1.54, 1.807) is 18.7 Å². The van der Waals surface area contributed by atoms with Gasteiger partial charge < -0.3 is 9.38 Å². The highest BCUT2D eigenvalue weighted by Crippen LogP contribution is 2.30. The van der Waals surface area contributed by atoms with Crippen molar-refractivity contribution in [2.24, 2.45) is 0 Å². The van der Waals surface area contributed by atoms with Gasteiger partial charge in [0.15, 0.2) is 5.65 Å². The molecule has 1 atom stereocenters. The maximum atomic E-state index is 4.46. The van der Waals surface area contributed by atoms with Crippen molar-refractivity contribution < 1.29 is 0 Å². The Labute approximate surface area is 140 Å². The van der Waals surface area contributed by atoms with Crippen LogP contribution in [0.3, 0.4) is 0 Å². The van der Waals surface area contributed by atoms with E-state index in [0.717, 1.165) is 23.5 Å². The zero-order valence-corrected chi connectivity index (χ0v) is 13.8. The summed E-state index contributed by atoms with van der Waals surface area (Å²) in [6.07, 6.45) is 12.0. The molecule has 0 aliphatic heterocycles. The highest BCUT2D eigenvalue weighted by atomic mass is 15.0. The van der Waals surface area contributed by atoms with E-state index in [-0.39, 0.29) is 5.92 Å². The van der Waals surface area contributed by atoms with E-state index in [9.17, 15) is 0 Å². The molecule has 0 aliphatic rings. The zero-order chi connectivity index (χ0) is 16.5. The number of H-pyrrole nitrogens is 1. The van der Waals surface area contributed by atoms with Crippen LogP contribution in [-0.4, -0.2) is 24.3 Å². The van der Waals surface area contributed by atoms with Crippen molar-refractivity contribution in [1.29, 1.82) is 0 Å². The van der Waals surface area contributed by atoms with Gasteiger partial charge in [0.1, 0.15) is 0 Å². The number of fused-ring (bicyclic) bond motifs is 1. The molecule has 24 heavy (non-hydrogen) atoms. The van der Waals surface area contributed by atoms with Crippen LogP contribution in [0, 0.1) is 13.8 Å². The molecule has 0 fully saturated rings. The smallest absolute Gasteiger partial charge is 0.155 e. The minimum absolute atomic E-state index is 0.209. The lowest BCUT2D eigenvalue weighted by Gasteiger charge is -2.19. The number of rotatable bonds is 4. The Morgan fingerprint density at radius 2 is 2.04 bits per heavy atom. The van der Waals surface area contributed by atoms with Crippen LogP contribution < -0.4 is 0 Å². The van der Waals surface area contributed by atoms with Crippen molar-refractivity contribution in [3.05, 3.63) is 83.6 Å². The summed E-state index contributed by atoms with van der Waals surface area (Å²) in [5.74, 6) is 0.209. The van der Waals surface area contributed by atoms with Gasteiger partial charge in [-0.15, -0.1) is 0 Å². The van der Waals surface area contributed by atoms with Crippen molar-refractivity contribution in [1.82, 2.24) is 24.3 Å². The van der Waals surface area contributed by atoms with Gasteiger partial charge in [-0.25, -0.2) is 9.97 Å². The van der Waals surface area contributed by atoms with Gasteiger partial charge in [-0.1, -0.05) is 18.2 Å². The van der Waals surface area contributed by atoms with Gasteiger partial charge in [0.25, 0.3) is 0 Å². The number of benzene rings is 1. The van der Waals surface area contributed by atoms with Gasteiger partial charge in [0.2, 0.25) is 0 Å². The molecule has 1 aromatic carbocycles. The average molecular weight is 317 g/mol. The molecule has 1 unspecified atom stereocenters. The summed E-state index contributed by atoms with van der Waals surface area (Å²) in [6, 6.07) is 6.49. The van der Waals surface area contributed by atoms with Gasteiger partial charge in [0, 0.05) is 48.5 Å². The minimum Gasteiger partial charge on any atom is -0.348 e. The summed E-state index contributed by atoms with van der Waals surface area (Å²) in [5, 5.41) is 0. The number of imidazole rings is 2. The van der Waals surface area contributed by atoms with Crippen molar-refractivity contribution in [2.75, 3.05) is 0 Å². The van der Waals surface area contributed by atoms with Crippen LogP contribution in [0.15, 0.2) is 55.5 Å². The lowest BCUT2D eigenvalue weighted by molar-refractivity contribution is 0.748.